The monoisotopic (exact) mass is 1070 g/mol. The standard InChI is InChI=1S/C39H27N5O14S3.2Cu.3Na/c45-30-13-8-23-15-26(59(50,51)52)19-33(60(53,54)55)35(23)36(30)43-41-28-11-6-21(16-31(28)46)22-7-12-29(32(47)17-22)42-44-37-34(61(56,57)58)18-24-14-25(9-10-27(24)38(37)48)40-39(49)20-4-2-1-3-5-20;;;;;/h1-19,45-48H,(H,40,49)(H,50,51,52)(H,53,54,55)(H,56,57,58);;;;;/q;2*+2;;2*+1/p-7. The Morgan fingerprint density at radius 3 is 1.58 bits per heavy atom. The maximum atomic E-state index is 13.4. The molecule has 7 rings (SSSR count). The molecule has 66 heavy (non-hydrogen) atoms. The molecule has 0 bridgehead atoms. The summed E-state index contributed by atoms with van der Waals surface area (Å²) >= 11 is 0. The van der Waals surface area contributed by atoms with Crippen LogP contribution < -0.4 is 84.9 Å². The van der Waals surface area contributed by atoms with Crippen molar-refractivity contribution in [3.05, 3.63) is 121 Å². The van der Waals surface area contributed by atoms with Crippen molar-refractivity contribution >= 4 is 116 Å². The minimum Gasteiger partial charge on any atom is -0.871 e. The first-order chi connectivity index (χ1) is 28.7. The van der Waals surface area contributed by atoms with Crippen LogP contribution in [0.4, 0.5) is 28.4 Å². The van der Waals surface area contributed by atoms with Gasteiger partial charge in [0.05, 0.1) is 37.4 Å². The average Bonchev–Trinajstić information content (AvgIpc) is 3.19. The fourth-order valence-corrected chi connectivity index (χ4v) is 8.04. The van der Waals surface area contributed by atoms with Crippen LogP contribution in [0.3, 0.4) is 0 Å². The van der Waals surface area contributed by atoms with Gasteiger partial charge in [-0.1, -0.05) is 83.7 Å². The first-order valence-corrected chi connectivity index (χ1v) is 21.2. The minimum absolute atomic E-state index is 0. The largest absolute Gasteiger partial charge is 2.00 e. The Bertz CT molecular complexity index is 3410. The van der Waals surface area contributed by atoms with Gasteiger partial charge in [-0.25, -0.2) is 25.3 Å². The van der Waals surface area contributed by atoms with Gasteiger partial charge in [-0.15, -0.1) is 5.11 Å². The second-order valence-corrected chi connectivity index (χ2v) is 16.9. The van der Waals surface area contributed by atoms with Crippen LogP contribution in [0.15, 0.2) is 150 Å². The minimum atomic E-state index is -5.49. The van der Waals surface area contributed by atoms with E-state index >= 15 is 0 Å². The fourth-order valence-electron chi connectivity index (χ4n) is 6.06. The number of nitrogens with one attached hydrogen (secondary N) is 1. The summed E-state index contributed by atoms with van der Waals surface area (Å²) in [5.41, 5.74) is -1.59. The molecule has 0 aliphatic rings. The van der Waals surface area contributed by atoms with Crippen molar-refractivity contribution in [3.8, 4) is 34.1 Å². The number of nitrogens with zero attached hydrogens (tertiary/aromatic N) is 4. The molecule has 7 aromatic carbocycles. The molecule has 0 aliphatic carbocycles. The van der Waals surface area contributed by atoms with Crippen molar-refractivity contribution in [2.75, 3.05) is 5.32 Å². The molecule has 3 radical (unpaired) electrons. The van der Waals surface area contributed by atoms with E-state index < -0.39 is 102 Å². The van der Waals surface area contributed by atoms with Crippen LogP contribution in [0, 0.1) is 0 Å². The van der Waals surface area contributed by atoms with E-state index in [1.165, 1.54) is 30.3 Å². The summed E-state index contributed by atoms with van der Waals surface area (Å²) in [6.45, 7) is 0. The van der Waals surface area contributed by atoms with Gasteiger partial charge in [0.2, 0.25) is 0 Å². The molecule has 7 aromatic rings. The maximum absolute atomic E-state index is 13.4. The van der Waals surface area contributed by atoms with Crippen LogP contribution in [-0.4, -0.2) is 74.4 Å². The number of fused-ring (bicyclic) bond motifs is 2. The van der Waals surface area contributed by atoms with E-state index in [4.69, 9.17) is 0 Å². The SMILES string of the molecule is O=C(Nc1ccc2c([O-])c(N=Nc3ccc(-c4ccc(N=Nc5c([O-])ccc6cc(S(=O)(=O)[O-])cc(S(=O)(=O)[O-])c56)c([O-])c4)cc3[O-])c(S(=O)(=O)[O-])cc2c1)c1ccccc1.[Cu+2].[Cu+2].[Na+].[Na+].[Na]. The van der Waals surface area contributed by atoms with Crippen LogP contribution in [0.1, 0.15) is 10.4 Å². The smallest absolute Gasteiger partial charge is 0.871 e. The molecule has 0 spiro atoms. The van der Waals surface area contributed by atoms with Crippen molar-refractivity contribution in [2.45, 2.75) is 14.7 Å². The molecular weight excluding hydrogens is 1050 g/mol. The molecule has 0 saturated carbocycles. The first kappa shape index (κ1) is 58.8. The van der Waals surface area contributed by atoms with Gasteiger partial charge >= 0.3 is 93.3 Å². The van der Waals surface area contributed by atoms with Crippen LogP contribution in [0.5, 0.6) is 23.0 Å². The van der Waals surface area contributed by atoms with Gasteiger partial charge in [0.15, 0.2) is 0 Å². The number of amides is 1. The third-order valence-corrected chi connectivity index (χ3v) is 11.4. The number of azo groups is 2. The van der Waals surface area contributed by atoms with Crippen molar-refractivity contribution in [2.24, 2.45) is 20.5 Å². The second kappa shape index (κ2) is 23.3. The van der Waals surface area contributed by atoms with E-state index in [0.29, 0.717) is 11.6 Å². The zero-order valence-corrected chi connectivity index (χ0v) is 44.1. The second-order valence-electron chi connectivity index (χ2n) is 12.9. The number of hydrogen-bond acceptors (Lipinski definition) is 18. The Labute approximate surface area is 462 Å². The van der Waals surface area contributed by atoms with Gasteiger partial charge < -0.3 is 39.4 Å². The summed E-state index contributed by atoms with van der Waals surface area (Å²) in [7, 11) is -16.1. The van der Waals surface area contributed by atoms with Gasteiger partial charge in [0.25, 0.3) is 5.91 Å². The van der Waals surface area contributed by atoms with Crippen LogP contribution in [-0.2, 0) is 64.5 Å². The van der Waals surface area contributed by atoms with Gasteiger partial charge in [-0.2, -0.15) is 15.3 Å². The molecule has 1 N–H and O–H groups in total. The zero-order chi connectivity index (χ0) is 44.0. The summed E-state index contributed by atoms with van der Waals surface area (Å²) in [5, 5.41) is 68.6. The molecule has 0 unspecified atom stereocenters. The Hall–Kier alpha value is -3.30. The summed E-state index contributed by atoms with van der Waals surface area (Å²) in [5.74, 6) is -4.10. The summed E-state index contributed by atoms with van der Waals surface area (Å²) < 4.78 is 108. The van der Waals surface area contributed by atoms with Crippen molar-refractivity contribution in [1.82, 2.24) is 0 Å². The van der Waals surface area contributed by atoms with E-state index in [2.05, 4.69) is 25.8 Å². The molecule has 0 saturated heterocycles. The summed E-state index contributed by atoms with van der Waals surface area (Å²) in [6.07, 6.45) is 0. The van der Waals surface area contributed by atoms with E-state index in [-0.39, 0.29) is 156 Å². The molecule has 27 heteroatoms. The first-order valence-electron chi connectivity index (χ1n) is 16.9. The third kappa shape index (κ3) is 13.1. The number of rotatable bonds is 10. The molecule has 0 aromatic heterocycles. The maximum Gasteiger partial charge on any atom is 2.00 e. The van der Waals surface area contributed by atoms with Crippen LogP contribution in [0.2, 0.25) is 0 Å². The van der Waals surface area contributed by atoms with Crippen molar-refractivity contribution < 1.29 is 157 Å². The van der Waals surface area contributed by atoms with E-state index in [9.17, 15) is 64.1 Å². The predicted molar refractivity (Wildman–Crippen MR) is 210 cm³/mol. The van der Waals surface area contributed by atoms with E-state index in [1.807, 2.05) is 0 Å². The van der Waals surface area contributed by atoms with Gasteiger partial charge in [0.1, 0.15) is 30.4 Å². The molecule has 0 atom stereocenters. The Morgan fingerprint density at radius 2 is 1.06 bits per heavy atom. The molecule has 19 nitrogen and oxygen atoms in total. The molecule has 0 heterocycles. The number of benzene rings is 7. The van der Waals surface area contributed by atoms with Crippen LogP contribution >= 0.6 is 0 Å². The van der Waals surface area contributed by atoms with Crippen molar-refractivity contribution in [1.29, 1.82) is 0 Å². The normalized spacial score (nSPS) is 11.5. The molecule has 0 aliphatic heterocycles. The van der Waals surface area contributed by atoms with Crippen LogP contribution in [0.25, 0.3) is 32.7 Å². The van der Waals surface area contributed by atoms with E-state index in [1.54, 1.807) is 30.3 Å². The fraction of sp³-hybridized carbons (Fsp3) is 0. The van der Waals surface area contributed by atoms with Gasteiger partial charge in [0, 0.05) is 46.2 Å². The topological polar surface area (TPSA) is 342 Å². The summed E-state index contributed by atoms with van der Waals surface area (Å²) in [6, 6.07) is 22.8. The zero-order valence-electron chi connectivity index (χ0n) is 33.8. The number of carbonyl (C=O) groups excluding carboxylic acids is 1. The Morgan fingerprint density at radius 1 is 0.515 bits per heavy atom. The number of carbonyl (C=O) groups is 1. The molecule has 329 valence electrons. The quantitative estimate of drug-likeness (QED) is 0.0914. The molecule has 0 fully saturated rings. The third-order valence-electron chi connectivity index (χ3n) is 8.91. The Balaban J connectivity index is 0.00000299. The predicted octanol–water partition coefficient (Wildman–Crippen LogP) is -1.63. The number of anilines is 1. The van der Waals surface area contributed by atoms with Gasteiger partial charge in [-0.3, -0.25) is 4.79 Å². The van der Waals surface area contributed by atoms with Gasteiger partial charge in [-0.05, 0) is 81.9 Å². The number of hydrogen-bond donors (Lipinski definition) is 1. The van der Waals surface area contributed by atoms with E-state index in [0.717, 1.165) is 48.5 Å². The van der Waals surface area contributed by atoms with Crippen molar-refractivity contribution in [3.63, 3.8) is 0 Å². The molecular formula is C39H20Cu2N5Na3O14S3-. The average molecular weight is 1070 g/mol. The summed E-state index contributed by atoms with van der Waals surface area (Å²) in [4.78, 5) is 9.28. The Kier molecular flexibility index (Phi) is 20.8. The molecule has 1 amide bonds.